The largest absolute Gasteiger partial charge is 0.462 e. The number of carbonyl (C=O) groups is 3. The molecule has 0 spiro atoms. The fourth-order valence-corrected chi connectivity index (χ4v) is 3.36. The van der Waals surface area contributed by atoms with Crippen LogP contribution in [0.2, 0.25) is 0 Å². The lowest BCUT2D eigenvalue weighted by Crippen LogP contribution is -2.29. The van der Waals surface area contributed by atoms with Crippen LogP contribution in [-0.2, 0) is 4.74 Å². The summed E-state index contributed by atoms with van der Waals surface area (Å²) in [6.45, 7) is 4.40. The standard InChI is InChI=1S/C26H23NO5/c1-17(2)14-15-31-26(30)18-8-13-22-23(16-18)25(29)27(24(22)28)19-9-11-21(12-10-19)32-20-6-4-3-5-7-20/h3-13,16-17H,14-15H2,1-2H3. The fourth-order valence-electron chi connectivity index (χ4n) is 3.36. The number of para-hydroxylation sites is 1. The van der Waals surface area contributed by atoms with E-state index in [1.807, 2.05) is 44.2 Å². The van der Waals surface area contributed by atoms with Gasteiger partial charge in [-0.05, 0) is 66.9 Å². The number of fused-ring (bicyclic) bond motifs is 1. The maximum Gasteiger partial charge on any atom is 0.338 e. The van der Waals surface area contributed by atoms with E-state index in [1.165, 1.54) is 18.2 Å². The van der Waals surface area contributed by atoms with Crippen molar-refractivity contribution in [1.29, 1.82) is 0 Å². The van der Waals surface area contributed by atoms with Crippen LogP contribution in [0.15, 0.2) is 72.8 Å². The molecule has 0 unspecified atom stereocenters. The number of carbonyl (C=O) groups excluding carboxylic acids is 3. The second kappa shape index (κ2) is 9.06. The predicted molar refractivity (Wildman–Crippen MR) is 120 cm³/mol. The Bertz CT molecular complexity index is 1150. The minimum absolute atomic E-state index is 0.193. The Morgan fingerprint density at radius 1 is 0.844 bits per heavy atom. The third-order valence-corrected chi connectivity index (χ3v) is 5.12. The Morgan fingerprint density at radius 3 is 2.19 bits per heavy atom. The number of nitrogens with zero attached hydrogens (tertiary/aromatic N) is 1. The van der Waals surface area contributed by atoms with Crippen LogP contribution in [0.5, 0.6) is 11.5 Å². The summed E-state index contributed by atoms with van der Waals surface area (Å²) in [5, 5.41) is 0. The molecule has 6 nitrogen and oxygen atoms in total. The highest BCUT2D eigenvalue weighted by molar-refractivity contribution is 6.34. The first-order chi connectivity index (χ1) is 15.4. The zero-order valence-electron chi connectivity index (χ0n) is 17.9. The van der Waals surface area contributed by atoms with E-state index in [0.29, 0.717) is 29.7 Å². The molecule has 0 N–H and O–H groups in total. The van der Waals surface area contributed by atoms with Gasteiger partial charge in [0.1, 0.15) is 11.5 Å². The average Bonchev–Trinajstić information content (AvgIpc) is 3.04. The first-order valence-electron chi connectivity index (χ1n) is 10.5. The van der Waals surface area contributed by atoms with Crippen molar-refractivity contribution < 1.29 is 23.9 Å². The van der Waals surface area contributed by atoms with E-state index >= 15 is 0 Å². The van der Waals surface area contributed by atoms with Crippen molar-refractivity contribution in [3.8, 4) is 11.5 Å². The molecule has 1 aliphatic heterocycles. The topological polar surface area (TPSA) is 72.9 Å². The van der Waals surface area contributed by atoms with Crippen molar-refractivity contribution >= 4 is 23.5 Å². The molecule has 6 heteroatoms. The van der Waals surface area contributed by atoms with Gasteiger partial charge in [0.2, 0.25) is 0 Å². The molecule has 4 rings (SSSR count). The van der Waals surface area contributed by atoms with Crippen molar-refractivity contribution in [2.24, 2.45) is 5.92 Å². The molecule has 0 aromatic heterocycles. The van der Waals surface area contributed by atoms with Crippen LogP contribution in [0.4, 0.5) is 5.69 Å². The van der Waals surface area contributed by atoms with Gasteiger partial charge in [0, 0.05) is 0 Å². The highest BCUT2D eigenvalue weighted by atomic mass is 16.5. The lowest BCUT2D eigenvalue weighted by atomic mass is 10.1. The second-order valence-electron chi connectivity index (χ2n) is 7.93. The predicted octanol–water partition coefficient (Wildman–Crippen LogP) is 5.48. The molecular weight excluding hydrogens is 406 g/mol. The molecule has 0 saturated carbocycles. The first-order valence-corrected chi connectivity index (χ1v) is 10.5. The number of amides is 2. The van der Waals surface area contributed by atoms with Gasteiger partial charge in [-0.3, -0.25) is 9.59 Å². The number of hydrogen-bond donors (Lipinski definition) is 0. The van der Waals surface area contributed by atoms with Gasteiger partial charge in [-0.1, -0.05) is 32.0 Å². The zero-order valence-corrected chi connectivity index (χ0v) is 17.9. The van der Waals surface area contributed by atoms with Gasteiger partial charge in [0.25, 0.3) is 11.8 Å². The maximum absolute atomic E-state index is 13.0. The molecule has 162 valence electrons. The van der Waals surface area contributed by atoms with Crippen molar-refractivity contribution in [2.45, 2.75) is 20.3 Å². The summed E-state index contributed by atoms with van der Waals surface area (Å²) in [5.41, 5.74) is 1.14. The lowest BCUT2D eigenvalue weighted by Gasteiger charge is -2.14. The van der Waals surface area contributed by atoms with Gasteiger partial charge >= 0.3 is 5.97 Å². The lowest BCUT2D eigenvalue weighted by molar-refractivity contribution is 0.0488. The van der Waals surface area contributed by atoms with E-state index in [2.05, 4.69) is 0 Å². The summed E-state index contributed by atoms with van der Waals surface area (Å²) in [6, 6.07) is 20.5. The molecule has 0 fully saturated rings. The maximum atomic E-state index is 13.0. The van der Waals surface area contributed by atoms with E-state index in [9.17, 15) is 14.4 Å². The number of hydrogen-bond acceptors (Lipinski definition) is 5. The third-order valence-electron chi connectivity index (χ3n) is 5.12. The SMILES string of the molecule is CC(C)CCOC(=O)c1ccc2c(c1)C(=O)N(c1ccc(Oc3ccccc3)cc1)C2=O. The minimum atomic E-state index is -0.505. The number of imide groups is 1. The van der Waals surface area contributed by atoms with Crippen LogP contribution < -0.4 is 9.64 Å². The Kier molecular flexibility index (Phi) is 6.03. The van der Waals surface area contributed by atoms with Crippen LogP contribution in [0, 0.1) is 5.92 Å². The normalized spacial score (nSPS) is 12.8. The molecule has 0 bridgehead atoms. The molecule has 0 aliphatic carbocycles. The van der Waals surface area contributed by atoms with E-state index in [-0.39, 0.29) is 16.7 Å². The second-order valence-corrected chi connectivity index (χ2v) is 7.93. The summed E-state index contributed by atoms with van der Waals surface area (Å²) in [5.74, 6) is 0.284. The van der Waals surface area contributed by atoms with Crippen LogP contribution >= 0.6 is 0 Å². The van der Waals surface area contributed by atoms with E-state index in [4.69, 9.17) is 9.47 Å². The molecule has 1 aliphatic rings. The molecule has 1 heterocycles. The molecule has 3 aromatic rings. The van der Waals surface area contributed by atoms with Crippen molar-refractivity contribution in [2.75, 3.05) is 11.5 Å². The number of rotatable bonds is 7. The quantitative estimate of drug-likeness (QED) is 0.367. The molecule has 3 aromatic carbocycles. The van der Waals surface area contributed by atoms with Gasteiger partial charge in [-0.15, -0.1) is 0 Å². The van der Waals surface area contributed by atoms with Crippen molar-refractivity contribution in [3.05, 3.63) is 89.5 Å². The third kappa shape index (κ3) is 4.39. The molecule has 32 heavy (non-hydrogen) atoms. The molecule has 0 atom stereocenters. The Labute approximate surface area is 186 Å². The summed E-state index contributed by atoms with van der Waals surface area (Å²) in [6.07, 6.45) is 0.756. The van der Waals surface area contributed by atoms with Gasteiger partial charge in [0.05, 0.1) is 29.0 Å². The molecular formula is C26H23NO5. The zero-order chi connectivity index (χ0) is 22.7. The van der Waals surface area contributed by atoms with Gasteiger partial charge in [-0.25, -0.2) is 9.69 Å². The Balaban J connectivity index is 1.50. The number of anilines is 1. The number of esters is 1. The van der Waals surface area contributed by atoms with Crippen molar-refractivity contribution in [1.82, 2.24) is 0 Å². The van der Waals surface area contributed by atoms with Crippen LogP contribution in [0.3, 0.4) is 0 Å². The molecule has 0 radical (unpaired) electrons. The summed E-state index contributed by atoms with van der Waals surface area (Å²) >= 11 is 0. The van der Waals surface area contributed by atoms with E-state index in [0.717, 1.165) is 11.3 Å². The monoisotopic (exact) mass is 429 g/mol. The Morgan fingerprint density at radius 2 is 1.50 bits per heavy atom. The molecule has 2 amide bonds. The van der Waals surface area contributed by atoms with Crippen LogP contribution in [0.25, 0.3) is 0 Å². The molecule has 0 saturated heterocycles. The highest BCUT2D eigenvalue weighted by Crippen LogP contribution is 2.31. The number of ether oxygens (including phenoxy) is 2. The number of benzene rings is 3. The minimum Gasteiger partial charge on any atom is -0.462 e. The highest BCUT2D eigenvalue weighted by Gasteiger charge is 2.37. The Hall–Kier alpha value is -3.93. The van der Waals surface area contributed by atoms with Crippen molar-refractivity contribution in [3.63, 3.8) is 0 Å². The summed E-state index contributed by atoms with van der Waals surface area (Å²) in [7, 11) is 0. The van der Waals surface area contributed by atoms with Gasteiger partial charge < -0.3 is 9.47 Å². The average molecular weight is 429 g/mol. The van der Waals surface area contributed by atoms with Gasteiger partial charge in [0.15, 0.2) is 0 Å². The van der Waals surface area contributed by atoms with Crippen LogP contribution in [0.1, 0.15) is 51.3 Å². The smallest absolute Gasteiger partial charge is 0.338 e. The summed E-state index contributed by atoms with van der Waals surface area (Å²) < 4.78 is 11.0. The van der Waals surface area contributed by atoms with E-state index in [1.54, 1.807) is 24.3 Å². The summed E-state index contributed by atoms with van der Waals surface area (Å²) in [4.78, 5) is 39.3. The first kappa shape index (κ1) is 21.3. The van der Waals surface area contributed by atoms with Gasteiger partial charge in [-0.2, -0.15) is 0 Å². The fraction of sp³-hybridized carbons (Fsp3) is 0.192. The van der Waals surface area contributed by atoms with E-state index < -0.39 is 17.8 Å². The van der Waals surface area contributed by atoms with Crippen LogP contribution in [-0.4, -0.2) is 24.4 Å².